The summed E-state index contributed by atoms with van der Waals surface area (Å²) < 4.78 is 5.09. The highest BCUT2D eigenvalue weighted by atomic mass is 16.5. The maximum atomic E-state index is 11.6. The number of carboxylic acids is 1. The van der Waals surface area contributed by atoms with Crippen LogP contribution in [0.3, 0.4) is 0 Å². The lowest BCUT2D eigenvalue weighted by molar-refractivity contribution is -0.143. The van der Waals surface area contributed by atoms with Gasteiger partial charge in [0.05, 0.1) is 6.42 Å². The topological polar surface area (TPSA) is 63.6 Å². The minimum Gasteiger partial charge on any atom is -0.478 e. The second-order valence-electron chi connectivity index (χ2n) is 4.98. The van der Waals surface area contributed by atoms with Crippen molar-refractivity contribution in [3.05, 3.63) is 47.5 Å². The van der Waals surface area contributed by atoms with Crippen molar-refractivity contribution in [3.63, 3.8) is 0 Å². The monoisotopic (exact) mass is 276 g/mol. The van der Waals surface area contributed by atoms with Gasteiger partial charge in [-0.1, -0.05) is 50.3 Å². The Balaban J connectivity index is 2.46. The van der Waals surface area contributed by atoms with Crippen molar-refractivity contribution in [2.24, 2.45) is 5.92 Å². The third-order valence-electron chi connectivity index (χ3n) is 2.66. The number of rotatable bonds is 7. The summed E-state index contributed by atoms with van der Waals surface area (Å²) in [6.45, 7) is 4.08. The molecule has 0 amide bonds. The molecule has 0 unspecified atom stereocenters. The second-order valence-corrected chi connectivity index (χ2v) is 4.98. The summed E-state index contributed by atoms with van der Waals surface area (Å²) in [5, 5.41) is 9.02. The van der Waals surface area contributed by atoms with Gasteiger partial charge in [0.2, 0.25) is 0 Å². The predicted molar refractivity (Wildman–Crippen MR) is 76.0 cm³/mol. The summed E-state index contributed by atoms with van der Waals surface area (Å²) in [7, 11) is 0. The fraction of sp³-hybridized carbons (Fsp3) is 0.375. The first-order valence-electron chi connectivity index (χ1n) is 6.61. The summed E-state index contributed by atoms with van der Waals surface area (Å²) in [5.41, 5.74) is 1.17. The molecule has 4 nitrogen and oxygen atoms in total. The number of aliphatic carboxylic acids is 1. The van der Waals surface area contributed by atoms with E-state index in [1.807, 2.05) is 44.2 Å². The number of benzene rings is 1. The van der Waals surface area contributed by atoms with Gasteiger partial charge in [0.15, 0.2) is 0 Å². The van der Waals surface area contributed by atoms with Crippen LogP contribution in [0.4, 0.5) is 0 Å². The van der Waals surface area contributed by atoms with Crippen LogP contribution in [0.2, 0.25) is 0 Å². The van der Waals surface area contributed by atoms with Gasteiger partial charge in [0.1, 0.15) is 6.61 Å². The van der Waals surface area contributed by atoms with E-state index in [2.05, 4.69) is 0 Å². The van der Waals surface area contributed by atoms with E-state index in [-0.39, 0.29) is 24.5 Å². The molecule has 1 rings (SSSR count). The van der Waals surface area contributed by atoms with Gasteiger partial charge in [-0.15, -0.1) is 0 Å². The molecule has 0 spiro atoms. The molecule has 0 fully saturated rings. The van der Waals surface area contributed by atoms with Gasteiger partial charge in [-0.25, -0.2) is 4.79 Å². The second kappa shape index (κ2) is 8.15. The van der Waals surface area contributed by atoms with E-state index in [4.69, 9.17) is 9.84 Å². The number of carboxylic acid groups (broad SMARTS) is 1. The Labute approximate surface area is 119 Å². The Morgan fingerprint density at radius 2 is 1.90 bits per heavy atom. The zero-order valence-corrected chi connectivity index (χ0v) is 11.8. The quantitative estimate of drug-likeness (QED) is 0.613. The molecule has 0 heterocycles. The van der Waals surface area contributed by atoms with E-state index in [0.717, 1.165) is 5.56 Å². The third kappa shape index (κ3) is 6.18. The van der Waals surface area contributed by atoms with Crippen LogP contribution in [0.1, 0.15) is 32.3 Å². The average Bonchev–Trinajstić information content (AvgIpc) is 2.41. The van der Waals surface area contributed by atoms with Gasteiger partial charge in [-0.2, -0.15) is 0 Å². The van der Waals surface area contributed by atoms with Crippen molar-refractivity contribution in [3.8, 4) is 0 Å². The lowest BCUT2D eigenvalue weighted by atomic mass is 10.0. The van der Waals surface area contributed by atoms with Crippen molar-refractivity contribution in [2.75, 3.05) is 0 Å². The molecular weight excluding hydrogens is 256 g/mol. The van der Waals surface area contributed by atoms with Crippen molar-refractivity contribution < 1.29 is 19.4 Å². The van der Waals surface area contributed by atoms with Crippen molar-refractivity contribution >= 4 is 11.9 Å². The van der Waals surface area contributed by atoms with Crippen LogP contribution in [-0.2, 0) is 20.9 Å². The number of hydrogen-bond acceptors (Lipinski definition) is 3. The summed E-state index contributed by atoms with van der Waals surface area (Å²) in [6.07, 6.45) is 1.87. The van der Waals surface area contributed by atoms with Crippen LogP contribution in [0, 0.1) is 5.92 Å². The Hall–Kier alpha value is -2.10. The normalized spacial score (nSPS) is 11.4. The van der Waals surface area contributed by atoms with Gasteiger partial charge in [0, 0.05) is 5.57 Å². The third-order valence-corrected chi connectivity index (χ3v) is 2.66. The molecular formula is C16H20O4. The minimum atomic E-state index is -0.977. The Kier molecular flexibility index (Phi) is 6.50. The Morgan fingerprint density at radius 3 is 2.45 bits per heavy atom. The molecule has 1 aromatic carbocycles. The van der Waals surface area contributed by atoms with E-state index in [1.54, 1.807) is 0 Å². The van der Waals surface area contributed by atoms with Gasteiger partial charge < -0.3 is 9.84 Å². The lowest BCUT2D eigenvalue weighted by Gasteiger charge is -2.06. The minimum absolute atomic E-state index is 0.0127. The van der Waals surface area contributed by atoms with Crippen LogP contribution in [-0.4, -0.2) is 17.0 Å². The number of carbonyl (C=O) groups excluding carboxylic acids is 1. The highest BCUT2D eigenvalue weighted by Gasteiger charge is 2.10. The highest BCUT2D eigenvalue weighted by molar-refractivity contribution is 5.87. The largest absolute Gasteiger partial charge is 0.478 e. The van der Waals surface area contributed by atoms with Crippen molar-refractivity contribution in [2.45, 2.75) is 33.3 Å². The first-order valence-corrected chi connectivity index (χ1v) is 6.61. The van der Waals surface area contributed by atoms with E-state index < -0.39 is 11.9 Å². The van der Waals surface area contributed by atoms with Gasteiger partial charge in [0.25, 0.3) is 0 Å². The van der Waals surface area contributed by atoms with Crippen LogP contribution in [0.25, 0.3) is 0 Å². The predicted octanol–water partition coefficient (Wildman–Crippen LogP) is 3.18. The molecule has 0 aromatic heterocycles. The zero-order chi connectivity index (χ0) is 15.0. The first kappa shape index (κ1) is 16.0. The molecule has 0 aliphatic carbocycles. The molecule has 4 heteroatoms. The van der Waals surface area contributed by atoms with E-state index in [1.165, 1.54) is 6.08 Å². The van der Waals surface area contributed by atoms with Crippen molar-refractivity contribution in [1.82, 2.24) is 0 Å². The fourth-order valence-electron chi connectivity index (χ4n) is 1.70. The van der Waals surface area contributed by atoms with Crippen LogP contribution in [0.5, 0.6) is 0 Å². The molecule has 0 saturated heterocycles. The first-order chi connectivity index (χ1) is 9.49. The molecule has 0 aliphatic heterocycles. The van der Waals surface area contributed by atoms with Gasteiger partial charge in [-0.3, -0.25) is 4.79 Å². The SMILES string of the molecule is CC(C)CC(=CCC(=O)OCc1ccccc1)C(=O)O. The van der Waals surface area contributed by atoms with Gasteiger partial charge >= 0.3 is 11.9 Å². The summed E-state index contributed by atoms with van der Waals surface area (Å²) in [6, 6.07) is 9.36. The van der Waals surface area contributed by atoms with Crippen LogP contribution < -0.4 is 0 Å². The van der Waals surface area contributed by atoms with Crippen molar-refractivity contribution in [1.29, 1.82) is 0 Å². The average molecular weight is 276 g/mol. The molecule has 0 bridgehead atoms. The molecule has 0 saturated carbocycles. The Bertz CT molecular complexity index is 475. The van der Waals surface area contributed by atoms with E-state index >= 15 is 0 Å². The highest BCUT2D eigenvalue weighted by Crippen LogP contribution is 2.12. The molecule has 108 valence electrons. The molecule has 0 aliphatic rings. The maximum absolute atomic E-state index is 11.6. The smallest absolute Gasteiger partial charge is 0.331 e. The van der Waals surface area contributed by atoms with Crippen LogP contribution in [0.15, 0.2) is 42.0 Å². The van der Waals surface area contributed by atoms with E-state index in [9.17, 15) is 9.59 Å². The summed E-state index contributed by atoms with van der Waals surface area (Å²) in [4.78, 5) is 22.6. The summed E-state index contributed by atoms with van der Waals surface area (Å²) >= 11 is 0. The molecule has 1 aromatic rings. The molecule has 0 atom stereocenters. The maximum Gasteiger partial charge on any atom is 0.331 e. The molecule has 1 N–H and O–H groups in total. The molecule has 20 heavy (non-hydrogen) atoms. The zero-order valence-electron chi connectivity index (χ0n) is 11.8. The fourth-order valence-corrected chi connectivity index (χ4v) is 1.70. The Morgan fingerprint density at radius 1 is 1.25 bits per heavy atom. The van der Waals surface area contributed by atoms with Gasteiger partial charge in [-0.05, 0) is 17.9 Å². The number of esters is 1. The number of carbonyl (C=O) groups is 2. The molecule has 0 radical (unpaired) electrons. The standard InChI is InChI=1S/C16H20O4/c1-12(2)10-14(16(18)19)8-9-15(17)20-11-13-6-4-3-5-7-13/h3-8,12H,9-11H2,1-2H3,(H,18,19). The number of hydrogen-bond donors (Lipinski definition) is 1. The lowest BCUT2D eigenvalue weighted by Crippen LogP contribution is -2.07. The van der Waals surface area contributed by atoms with Crippen LogP contribution >= 0.6 is 0 Å². The van der Waals surface area contributed by atoms with E-state index in [0.29, 0.717) is 6.42 Å². The summed E-state index contributed by atoms with van der Waals surface area (Å²) in [5.74, 6) is -1.16. The number of ether oxygens (including phenoxy) is 1.